The van der Waals surface area contributed by atoms with Gasteiger partial charge in [0.15, 0.2) is 0 Å². The highest BCUT2D eigenvalue weighted by atomic mass is 16.5. The molecule has 0 bridgehead atoms. The Bertz CT molecular complexity index is 829. The molecule has 1 aliphatic rings. The van der Waals surface area contributed by atoms with Crippen LogP contribution in [0.15, 0.2) is 48.5 Å². The second kappa shape index (κ2) is 9.93. The lowest BCUT2D eigenvalue weighted by atomic mass is 10.2. The van der Waals surface area contributed by atoms with Gasteiger partial charge in [-0.2, -0.15) is 0 Å². The average molecular weight is 398 g/mol. The van der Waals surface area contributed by atoms with Crippen molar-refractivity contribution in [1.82, 2.24) is 10.9 Å². The van der Waals surface area contributed by atoms with Gasteiger partial charge in [-0.1, -0.05) is 12.1 Å². The van der Waals surface area contributed by atoms with Gasteiger partial charge in [-0.3, -0.25) is 20.4 Å². The maximum absolute atomic E-state index is 12.5. The monoisotopic (exact) mass is 398 g/mol. The first-order valence-electron chi connectivity index (χ1n) is 9.74. The van der Waals surface area contributed by atoms with E-state index in [2.05, 4.69) is 10.9 Å². The van der Waals surface area contributed by atoms with Crippen LogP contribution in [0.3, 0.4) is 0 Å². The summed E-state index contributed by atoms with van der Waals surface area (Å²) >= 11 is 0. The normalized spacial score (nSPS) is 15.8. The van der Waals surface area contributed by atoms with Crippen LogP contribution in [0.5, 0.6) is 11.5 Å². The number of amides is 2. The van der Waals surface area contributed by atoms with Gasteiger partial charge >= 0.3 is 0 Å². The quantitative estimate of drug-likeness (QED) is 0.700. The maximum Gasteiger partial charge on any atom is 0.273 e. The number of hydrazine groups is 1. The SMILES string of the molecule is CC(C)Oc1ccc(C(=O)NNC(=O)c2ccccc2OCC2CCCO2)cc1. The molecule has 29 heavy (non-hydrogen) atoms. The van der Waals surface area contributed by atoms with Crippen molar-refractivity contribution in [3.63, 3.8) is 0 Å². The van der Waals surface area contributed by atoms with E-state index in [9.17, 15) is 9.59 Å². The molecule has 154 valence electrons. The second-order valence-corrected chi connectivity index (χ2v) is 7.04. The van der Waals surface area contributed by atoms with Crippen molar-refractivity contribution in [1.29, 1.82) is 0 Å². The van der Waals surface area contributed by atoms with Crippen molar-refractivity contribution >= 4 is 11.8 Å². The molecule has 2 N–H and O–H groups in total. The molecule has 0 spiro atoms. The fourth-order valence-corrected chi connectivity index (χ4v) is 2.95. The highest BCUT2D eigenvalue weighted by Gasteiger charge is 2.18. The van der Waals surface area contributed by atoms with E-state index in [1.54, 1.807) is 48.5 Å². The first-order chi connectivity index (χ1) is 14.0. The lowest BCUT2D eigenvalue weighted by Crippen LogP contribution is -2.41. The number of ether oxygens (including phenoxy) is 3. The summed E-state index contributed by atoms with van der Waals surface area (Å²) < 4.78 is 16.9. The Morgan fingerprint density at radius 3 is 2.48 bits per heavy atom. The molecule has 1 atom stereocenters. The Morgan fingerprint density at radius 1 is 1.07 bits per heavy atom. The van der Waals surface area contributed by atoms with Crippen LogP contribution in [0, 0.1) is 0 Å². The number of benzene rings is 2. The Balaban J connectivity index is 1.55. The number of nitrogens with one attached hydrogen (secondary N) is 2. The van der Waals surface area contributed by atoms with Gasteiger partial charge in [0, 0.05) is 12.2 Å². The molecule has 1 aliphatic heterocycles. The van der Waals surface area contributed by atoms with Gasteiger partial charge in [-0.15, -0.1) is 0 Å². The Morgan fingerprint density at radius 2 is 1.79 bits per heavy atom. The number of hydrogen-bond acceptors (Lipinski definition) is 5. The van der Waals surface area contributed by atoms with Crippen molar-refractivity contribution in [2.24, 2.45) is 0 Å². The molecule has 7 heteroatoms. The topological polar surface area (TPSA) is 85.9 Å². The summed E-state index contributed by atoms with van der Waals surface area (Å²) in [5, 5.41) is 0. The van der Waals surface area contributed by atoms with Crippen LogP contribution in [0.4, 0.5) is 0 Å². The van der Waals surface area contributed by atoms with Crippen molar-refractivity contribution in [3.8, 4) is 11.5 Å². The molecule has 2 amide bonds. The minimum Gasteiger partial charge on any atom is -0.491 e. The summed E-state index contributed by atoms with van der Waals surface area (Å²) in [6.07, 6.45) is 2.07. The molecule has 1 unspecified atom stereocenters. The second-order valence-electron chi connectivity index (χ2n) is 7.04. The van der Waals surface area contributed by atoms with E-state index in [1.165, 1.54) is 0 Å². The third-order valence-electron chi connectivity index (χ3n) is 4.36. The Kier molecular flexibility index (Phi) is 7.08. The summed E-state index contributed by atoms with van der Waals surface area (Å²) in [6, 6.07) is 13.6. The van der Waals surface area contributed by atoms with Gasteiger partial charge in [-0.25, -0.2) is 0 Å². The van der Waals surface area contributed by atoms with E-state index in [1.807, 2.05) is 13.8 Å². The summed E-state index contributed by atoms with van der Waals surface area (Å²) in [4.78, 5) is 24.8. The standard InChI is InChI=1S/C22H26N2O5/c1-15(2)29-17-11-9-16(10-12-17)21(25)23-24-22(26)19-7-3-4-8-20(19)28-14-18-6-5-13-27-18/h3-4,7-12,15,18H,5-6,13-14H2,1-2H3,(H,23,25)(H,24,26). The van der Waals surface area contributed by atoms with E-state index in [0.29, 0.717) is 29.2 Å². The van der Waals surface area contributed by atoms with Crippen molar-refractivity contribution < 1.29 is 23.8 Å². The van der Waals surface area contributed by atoms with Crippen LogP contribution in [-0.4, -0.2) is 37.2 Å². The Labute approximate surface area is 170 Å². The molecular formula is C22H26N2O5. The first-order valence-corrected chi connectivity index (χ1v) is 9.74. The van der Waals surface area contributed by atoms with Gasteiger partial charge in [0.2, 0.25) is 0 Å². The van der Waals surface area contributed by atoms with E-state index in [0.717, 1.165) is 19.4 Å². The molecular weight excluding hydrogens is 372 g/mol. The lowest BCUT2D eigenvalue weighted by Gasteiger charge is -2.15. The fourth-order valence-electron chi connectivity index (χ4n) is 2.95. The molecule has 2 aromatic rings. The predicted molar refractivity (Wildman–Crippen MR) is 108 cm³/mol. The van der Waals surface area contributed by atoms with E-state index < -0.39 is 11.8 Å². The maximum atomic E-state index is 12.5. The molecule has 3 rings (SSSR count). The van der Waals surface area contributed by atoms with Crippen LogP contribution in [-0.2, 0) is 4.74 Å². The summed E-state index contributed by atoms with van der Waals surface area (Å²) in [5.41, 5.74) is 5.60. The van der Waals surface area contributed by atoms with Crippen LogP contribution in [0.25, 0.3) is 0 Å². The third-order valence-corrected chi connectivity index (χ3v) is 4.36. The molecule has 0 aliphatic carbocycles. The van der Waals surface area contributed by atoms with E-state index in [-0.39, 0.29) is 12.2 Å². The fraction of sp³-hybridized carbons (Fsp3) is 0.364. The zero-order valence-corrected chi connectivity index (χ0v) is 16.6. The average Bonchev–Trinajstić information content (AvgIpc) is 3.24. The van der Waals surface area contributed by atoms with Crippen molar-refractivity contribution in [2.75, 3.05) is 13.2 Å². The van der Waals surface area contributed by atoms with Crippen molar-refractivity contribution in [3.05, 3.63) is 59.7 Å². The summed E-state index contributed by atoms with van der Waals surface area (Å²) in [5.74, 6) is 0.246. The van der Waals surface area contributed by atoms with Crippen molar-refractivity contribution in [2.45, 2.75) is 38.9 Å². The molecule has 1 heterocycles. The smallest absolute Gasteiger partial charge is 0.273 e. The minimum absolute atomic E-state index is 0.0495. The molecule has 1 saturated heterocycles. The number of hydrogen-bond donors (Lipinski definition) is 2. The number of carbonyl (C=O) groups is 2. The van der Waals surface area contributed by atoms with Crippen LogP contribution >= 0.6 is 0 Å². The third kappa shape index (κ3) is 5.96. The van der Waals surface area contributed by atoms with E-state index >= 15 is 0 Å². The molecule has 7 nitrogen and oxygen atoms in total. The van der Waals surface area contributed by atoms with Gasteiger partial charge < -0.3 is 14.2 Å². The highest BCUT2D eigenvalue weighted by Crippen LogP contribution is 2.20. The predicted octanol–water partition coefficient (Wildman–Crippen LogP) is 3.11. The van der Waals surface area contributed by atoms with Gasteiger partial charge in [0.05, 0.1) is 17.8 Å². The van der Waals surface area contributed by atoms with Crippen LogP contribution in [0.2, 0.25) is 0 Å². The number of para-hydroxylation sites is 1. The van der Waals surface area contributed by atoms with Gasteiger partial charge in [0.1, 0.15) is 18.1 Å². The molecule has 0 saturated carbocycles. The van der Waals surface area contributed by atoms with E-state index in [4.69, 9.17) is 14.2 Å². The van der Waals surface area contributed by atoms with Gasteiger partial charge in [0.25, 0.3) is 11.8 Å². The Hall–Kier alpha value is -3.06. The molecule has 1 fully saturated rings. The largest absolute Gasteiger partial charge is 0.491 e. The zero-order valence-electron chi connectivity index (χ0n) is 16.6. The zero-order chi connectivity index (χ0) is 20.6. The van der Waals surface area contributed by atoms with Gasteiger partial charge in [-0.05, 0) is 63.1 Å². The summed E-state index contributed by atoms with van der Waals surface area (Å²) in [7, 11) is 0. The molecule has 2 aromatic carbocycles. The lowest BCUT2D eigenvalue weighted by molar-refractivity contribution is 0.0669. The van der Waals surface area contributed by atoms with Crippen LogP contribution < -0.4 is 20.3 Å². The van der Waals surface area contributed by atoms with Crippen LogP contribution in [0.1, 0.15) is 47.4 Å². The molecule has 0 radical (unpaired) electrons. The summed E-state index contributed by atoms with van der Waals surface area (Å²) in [6.45, 7) is 4.99. The number of rotatable bonds is 7. The highest BCUT2D eigenvalue weighted by molar-refractivity contribution is 6.00. The first kappa shape index (κ1) is 20.7. The minimum atomic E-state index is -0.457. The molecule has 0 aromatic heterocycles. The number of carbonyl (C=O) groups excluding carboxylic acids is 2.